The number of hydrogen-bond acceptors (Lipinski definition) is 5. The average molecular weight is 347 g/mol. The standard InChI is InChI=1S/C14H21NO5S2/c1-12-3-5-14(6-4-12)22(18,19)20-11-13-7-9-15(10-8-13)21(2,16)17/h3-6,13H,7-11H2,1-2H3. The first-order valence-corrected chi connectivity index (χ1v) is 10.4. The van der Waals surface area contributed by atoms with E-state index in [0.717, 1.165) is 5.56 Å². The molecule has 0 amide bonds. The molecule has 1 aliphatic rings. The fourth-order valence-electron chi connectivity index (χ4n) is 2.37. The molecule has 0 aliphatic carbocycles. The van der Waals surface area contributed by atoms with E-state index in [-0.39, 0.29) is 17.4 Å². The highest BCUT2D eigenvalue weighted by molar-refractivity contribution is 7.88. The van der Waals surface area contributed by atoms with Crippen LogP contribution in [0.4, 0.5) is 0 Å². The number of piperidine rings is 1. The van der Waals surface area contributed by atoms with Crippen LogP contribution in [-0.4, -0.2) is 47.1 Å². The largest absolute Gasteiger partial charge is 0.296 e. The lowest BCUT2D eigenvalue weighted by molar-refractivity contribution is 0.190. The Balaban J connectivity index is 1.90. The summed E-state index contributed by atoms with van der Waals surface area (Å²) in [5.41, 5.74) is 0.979. The lowest BCUT2D eigenvalue weighted by atomic mass is 10.00. The van der Waals surface area contributed by atoms with Crippen molar-refractivity contribution < 1.29 is 21.0 Å². The quantitative estimate of drug-likeness (QED) is 0.752. The molecule has 8 heteroatoms. The minimum atomic E-state index is -3.75. The second kappa shape index (κ2) is 6.66. The predicted molar refractivity (Wildman–Crippen MR) is 83.5 cm³/mol. The second-order valence-electron chi connectivity index (χ2n) is 5.66. The van der Waals surface area contributed by atoms with Gasteiger partial charge in [-0.1, -0.05) is 17.7 Å². The number of nitrogens with zero attached hydrogens (tertiary/aromatic N) is 1. The Kier molecular flexibility index (Phi) is 5.26. The number of hydrogen-bond donors (Lipinski definition) is 0. The highest BCUT2D eigenvalue weighted by Crippen LogP contribution is 2.21. The topological polar surface area (TPSA) is 80.8 Å². The lowest BCUT2D eigenvalue weighted by Gasteiger charge is -2.29. The fraction of sp³-hybridized carbons (Fsp3) is 0.571. The maximum Gasteiger partial charge on any atom is 0.296 e. The summed E-state index contributed by atoms with van der Waals surface area (Å²) >= 11 is 0. The molecule has 0 unspecified atom stereocenters. The van der Waals surface area contributed by atoms with Crippen LogP contribution >= 0.6 is 0 Å². The van der Waals surface area contributed by atoms with Gasteiger partial charge in [-0.15, -0.1) is 0 Å². The Morgan fingerprint density at radius 2 is 1.64 bits per heavy atom. The summed E-state index contributed by atoms with van der Waals surface area (Å²) in [5.74, 6) is 0.0539. The third-order valence-corrected chi connectivity index (χ3v) is 6.41. The van der Waals surface area contributed by atoms with Crippen molar-refractivity contribution >= 4 is 20.1 Å². The average Bonchev–Trinajstić information content (AvgIpc) is 2.45. The summed E-state index contributed by atoms with van der Waals surface area (Å²) in [6, 6.07) is 6.50. The maximum atomic E-state index is 12.1. The smallest absolute Gasteiger partial charge is 0.266 e. The van der Waals surface area contributed by atoms with Crippen LogP contribution in [0, 0.1) is 12.8 Å². The zero-order chi connectivity index (χ0) is 16.4. The van der Waals surface area contributed by atoms with Gasteiger partial charge in [-0.3, -0.25) is 4.18 Å². The van der Waals surface area contributed by atoms with Crippen LogP contribution in [0.5, 0.6) is 0 Å². The Bertz CT molecular complexity index is 702. The molecule has 0 aromatic heterocycles. The molecule has 124 valence electrons. The van der Waals surface area contributed by atoms with E-state index in [1.165, 1.54) is 22.7 Å². The molecule has 1 saturated heterocycles. The maximum absolute atomic E-state index is 12.1. The van der Waals surface area contributed by atoms with Gasteiger partial charge in [0, 0.05) is 13.1 Å². The van der Waals surface area contributed by atoms with E-state index in [0.29, 0.717) is 25.9 Å². The van der Waals surface area contributed by atoms with Gasteiger partial charge < -0.3 is 0 Å². The number of benzene rings is 1. The number of rotatable bonds is 5. The molecule has 0 radical (unpaired) electrons. The minimum absolute atomic E-state index is 0.0539. The van der Waals surface area contributed by atoms with Crippen molar-refractivity contribution in [2.45, 2.75) is 24.7 Å². The molecule has 1 aromatic carbocycles. The molecule has 1 aromatic rings. The first-order valence-electron chi connectivity index (χ1n) is 7.10. The normalized spacial score (nSPS) is 18.5. The van der Waals surface area contributed by atoms with E-state index in [2.05, 4.69) is 0 Å². The summed E-state index contributed by atoms with van der Waals surface area (Å²) in [5, 5.41) is 0. The van der Waals surface area contributed by atoms with Gasteiger partial charge >= 0.3 is 0 Å². The van der Waals surface area contributed by atoms with Crippen molar-refractivity contribution in [1.82, 2.24) is 4.31 Å². The lowest BCUT2D eigenvalue weighted by Crippen LogP contribution is -2.38. The highest BCUT2D eigenvalue weighted by Gasteiger charge is 2.26. The van der Waals surface area contributed by atoms with Crippen molar-refractivity contribution in [2.24, 2.45) is 5.92 Å². The van der Waals surface area contributed by atoms with E-state index in [4.69, 9.17) is 4.18 Å². The zero-order valence-electron chi connectivity index (χ0n) is 12.7. The summed E-state index contributed by atoms with van der Waals surface area (Å²) in [4.78, 5) is 0.145. The molecule has 6 nitrogen and oxygen atoms in total. The van der Waals surface area contributed by atoms with Crippen LogP contribution in [0.3, 0.4) is 0 Å². The highest BCUT2D eigenvalue weighted by atomic mass is 32.2. The van der Waals surface area contributed by atoms with Crippen molar-refractivity contribution in [3.05, 3.63) is 29.8 Å². The Labute approximate surface area is 132 Å². The van der Waals surface area contributed by atoms with Crippen molar-refractivity contribution in [2.75, 3.05) is 26.0 Å². The van der Waals surface area contributed by atoms with Gasteiger partial charge in [0.15, 0.2) is 0 Å². The first kappa shape index (κ1) is 17.4. The van der Waals surface area contributed by atoms with Crippen molar-refractivity contribution in [3.63, 3.8) is 0 Å². The Morgan fingerprint density at radius 3 is 2.14 bits per heavy atom. The Hall–Kier alpha value is -0.960. The Morgan fingerprint density at radius 1 is 1.09 bits per heavy atom. The predicted octanol–water partition coefficient (Wildman–Crippen LogP) is 1.37. The molecule has 22 heavy (non-hydrogen) atoms. The monoisotopic (exact) mass is 347 g/mol. The third-order valence-electron chi connectivity index (χ3n) is 3.81. The van der Waals surface area contributed by atoms with Crippen LogP contribution in [0.25, 0.3) is 0 Å². The SMILES string of the molecule is Cc1ccc(S(=O)(=O)OCC2CCN(S(C)(=O)=O)CC2)cc1. The first-order chi connectivity index (χ1) is 10.2. The number of sulfonamides is 1. The van der Waals surface area contributed by atoms with Crippen molar-refractivity contribution in [3.8, 4) is 0 Å². The van der Waals surface area contributed by atoms with Crippen LogP contribution in [0.1, 0.15) is 18.4 Å². The van der Waals surface area contributed by atoms with E-state index in [1.54, 1.807) is 12.1 Å². The molecule has 1 aliphatic heterocycles. The summed E-state index contributed by atoms with van der Waals surface area (Å²) in [6.07, 6.45) is 2.40. The minimum Gasteiger partial charge on any atom is -0.266 e. The van der Waals surface area contributed by atoms with Crippen LogP contribution in [0.2, 0.25) is 0 Å². The molecule has 1 fully saturated rings. The van der Waals surface area contributed by atoms with E-state index in [9.17, 15) is 16.8 Å². The van der Waals surface area contributed by atoms with Gasteiger partial charge in [-0.05, 0) is 37.8 Å². The van der Waals surface area contributed by atoms with Gasteiger partial charge in [0.1, 0.15) is 0 Å². The van der Waals surface area contributed by atoms with Crippen LogP contribution < -0.4 is 0 Å². The molecular formula is C14H21NO5S2. The summed E-state index contributed by atoms with van der Waals surface area (Å²) in [7, 11) is -6.92. The number of aryl methyl sites for hydroxylation is 1. The second-order valence-corrected chi connectivity index (χ2v) is 9.25. The van der Waals surface area contributed by atoms with E-state index >= 15 is 0 Å². The molecule has 1 heterocycles. The zero-order valence-corrected chi connectivity index (χ0v) is 14.4. The van der Waals surface area contributed by atoms with Gasteiger partial charge in [-0.25, -0.2) is 12.7 Å². The molecule has 0 N–H and O–H groups in total. The van der Waals surface area contributed by atoms with E-state index < -0.39 is 20.1 Å². The molecule has 0 saturated carbocycles. The van der Waals surface area contributed by atoms with Crippen LogP contribution in [0.15, 0.2) is 29.2 Å². The third kappa shape index (κ3) is 4.52. The van der Waals surface area contributed by atoms with Gasteiger partial charge in [0.2, 0.25) is 10.0 Å². The molecular weight excluding hydrogens is 326 g/mol. The van der Waals surface area contributed by atoms with Crippen molar-refractivity contribution in [1.29, 1.82) is 0 Å². The van der Waals surface area contributed by atoms with E-state index in [1.807, 2.05) is 6.92 Å². The van der Waals surface area contributed by atoms with Gasteiger partial charge in [0.05, 0.1) is 17.8 Å². The van der Waals surface area contributed by atoms with Crippen LogP contribution in [-0.2, 0) is 24.3 Å². The molecule has 0 atom stereocenters. The summed E-state index contributed by atoms with van der Waals surface area (Å²) < 4.78 is 53.5. The molecule has 2 rings (SSSR count). The molecule has 0 spiro atoms. The van der Waals surface area contributed by atoms with Gasteiger partial charge in [0.25, 0.3) is 10.1 Å². The summed E-state index contributed by atoms with van der Waals surface area (Å²) in [6.45, 7) is 2.80. The molecule has 0 bridgehead atoms. The fourth-order valence-corrected chi connectivity index (χ4v) is 4.22. The van der Waals surface area contributed by atoms with Gasteiger partial charge in [-0.2, -0.15) is 8.42 Å².